The normalized spacial score (nSPS) is 30.8. The molecule has 2 unspecified atom stereocenters. The Hall–Kier alpha value is -0.450. The van der Waals surface area contributed by atoms with Gasteiger partial charge in [-0.1, -0.05) is 0 Å². The second-order valence-electron chi connectivity index (χ2n) is 5.80. The molecule has 2 saturated heterocycles. The summed E-state index contributed by atoms with van der Waals surface area (Å²) < 4.78 is 0. The summed E-state index contributed by atoms with van der Waals surface area (Å²) in [6.07, 6.45) is 6.94. The Morgan fingerprint density at radius 1 is 1.39 bits per heavy atom. The Morgan fingerprint density at radius 3 is 2.83 bits per heavy atom. The van der Waals surface area contributed by atoms with Gasteiger partial charge in [-0.2, -0.15) is 0 Å². The van der Waals surface area contributed by atoms with Gasteiger partial charge in [-0.15, -0.1) is 11.3 Å². The lowest BCUT2D eigenvalue weighted by molar-refractivity contribution is 0.283. The number of nitrogens with zero attached hydrogens (tertiary/aromatic N) is 1. The Bertz CT molecular complexity index is 378. The molecule has 2 fully saturated rings. The molecule has 0 radical (unpaired) electrons. The van der Waals surface area contributed by atoms with E-state index >= 15 is 0 Å². The number of aromatic nitrogens is 1. The second-order valence-corrected chi connectivity index (χ2v) is 6.86. The first-order valence-corrected chi connectivity index (χ1v) is 8.05. The third kappa shape index (κ3) is 3.11. The largest absolute Gasteiger partial charge is 0.311 e. The molecule has 1 aromatic rings. The number of rotatable bonds is 5. The zero-order chi connectivity index (χ0) is 12.4. The predicted octanol–water partition coefficient (Wildman–Crippen LogP) is 2.46. The van der Waals surface area contributed by atoms with Gasteiger partial charge in [0.25, 0.3) is 0 Å². The lowest BCUT2D eigenvalue weighted by Crippen LogP contribution is -2.38. The van der Waals surface area contributed by atoms with Crippen molar-refractivity contribution >= 4 is 11.3 Å². The van der Waals surface area contributed by atoms with E-state index < -0.39 is 0 Å². The van der Waals surface area contributed by atoms with Crippen molar-refractivity contribution < 1.29 is 0 Å². The Labute approximate surface area is 113 Å². The molecule has 18 heavy (non-hydrogen) atoms. The maximum Gasteiger partial charge on any atom is 0.0897 e. The summed E-state index contributed by atoms with van der Waals surface area (Å²) in [4.78, 5) is 4.48. The van der Waals surface area contributed by atoms with Gasteiger partial charge < -0.3 is 10.6 Å². The summed E-state index contributed by atoms with van der Waals surface area (Å²) in [5.41, 5.74) is 1.20. The third-order valence-corrected chi connectivity index (χ3v) is 5.10. The molecular formula is C14H23N3S. The number of aryl methyl sites for hydroxylation is 1. The Morgan fingerprint density at radius 2 is 2.17 bits per heavy atom. The molecule has 0 saturated carbocycles. The van der Waals surface area contributed by atoms with Gasteiger partial charge in [0, 0.05) is 24.0 Å². The standard InChI is InChI=1S/C14H23N3S/c1-10-16-14(9-18-10)8-15-5-4-11-6-12-2-3-13(7-11)17-12/h9,11-13,15,17H,2-8H2,1H3. The van der Waals surface area contributed by atoms with Gasteiger partial charge in [0.1, 0.15) is 0 Å². The van der Waals surface area contributed by atoms with Gasteiger partial charge in [-0.05, 0) is 51.5 Å². The van der Waals surface area contributed by atoms with Crippen molar-refractivity contribution in [3.63, 3.8) is 0 Å². The van der Waals surface area contributed by atoms with E-state index in [0.717, 1.165) is 31.1 Å². The molecule has 3 nitrogen and oxygen atoms in total. The van der Waals surface area contributed by atoms with Crippen LogP contribution >= 0.6 is 11.3 Å². The van der Waals surface area contributed by atoms with Gasteiger partial charge in [-0.25, -0.2) is 4.98 Å². The van der Waals surface area contributed by atoms with Gasteiger partial charge in [0.15, 0.2) is 0 Å². The third-order valence-electron chi connectivity index (χ3n) is 4.27. The predicted molar refractivity (Wildman–Crippen MR) is 75.8 cm³/mol. The van der Waals surface area contributed by atoms with Crippen molar-refractivity contribution in [3.8, 4) is 0 Å². The van der Waals surface area contributed by atoms with Crippen LogP contribution in [0.1, 0.15) is 42.8 Å². The molecular weight excluding hydrogens is 242 g/mol. The van der Waals surface area contributed by atoms with Crippen molar-refractivity contribution in [3.05, 3.63) is 16.1 Å². The van der Waals surface area contributed by atoms with Crippen molar-refractivity contribution in [1.82, 2.24) is 15.6 Å². The number of thiazole rings is 1. The van der Waals surface area contributed by atoms with Crippen LogP contribution in [0, 0.1) is 12.8 Å². The molecule has 3 heterocycles. The zero-order valence-corrected chi connectivity index (χ0v) is 11.9. The number of hydrogen-bond donors (Lipinski definition) is 2. The summed E-state index contributed by atoms with van der Waals surface area (Å²) in [6.45, 7) is 4.14. The maximum absolute atomic E-state index is 4.48. The summed E-state index contributed by atoms with van der Waals surface area (Å²) in [6, 6.07) is 1.66. The van der Waals surface area contributed by atoms with E-state index in [1.165, 1.54) is 42.8 Å². The van der Waals surface area contributed by atoms with Crippen LogP contribution in [-0.2, 0) is 6.54 Å². The second kappa shape index (κ2) is 5.68. The number of hydrogen-bond acceptors (Lipinski definition) is 4. The van der Waals surface area contributed by atoms with E-state index in [4.69, 9.17) is 0 Å². The van der Waals surface area contributed by atoms with Crippen LogP contribution in [0.2, 0.25) is 0 Å². The van der Waals surface area contributed by atoms with Crippen LogP contribution < -0.4 is 10.6 Å². The van der Waals surface area contributed by atoms with Crippen molar-refractivity contribution in [2.45, 2.75) is 57.7 Å². The Kier molecular flexibility index (Phi) is 3.97. The minimum absolute atomic E-state index is 0.829. The quantitative estimate of drug-likeness (QED) is 0.803. The topological polar surface area (TPSA) is 37.0 Å². The van der Waals surface area contributed by atoms with Gasteiger partial charge >= 0.3 is 0 Å². The number of nitrogens with one attached hydrogen (secondary N) is 2. The SMILES string of the molecule is Cc1nc(CNCCC2CC3CCC(C2)N3)cs1. The van der Waals surface area contributed by atoms with Crippen LogP contribution in [-0.4, -0.2) is 23.6 Å². The van der Waals surface area contributed by atoms with Crippen molar-refractivity contribution in [2.24, 2.45) is 5.92 Å². The van der Waals surface area contributed by atoms with E-state index in [0.29, 0.717) is 0 Å². The molecule has 0 amide bonds. The van der Waals surface area contributed by atoms with Gasteiger partial charge in [-0.3, -0.25) is 0 Å². The fraction of sp³-hybridized carbons (Fsp3) is 0.786. The highest BCUT2D eigenvalue weighted by molar-refractivity contribution is 7.09. The summed E-state index contributed by atoms with van der Waals surface area (Å²) in [5, 5.41) is 10.6. The van der Waals surface area contributed by atoms with Gasteiger partial charge in [0.2, 0.25) is 0 Å². The zero-order valence-electron chi connectivity index (χ0n) is 11.1. The average molecular weight is 265 g/mol. The first-order chi connectivity index (χ1) is 8.79. The lowest BCUT2D eigenvalue weighted by Gasteiger charge is -2.29. The molecule has 2 N–H and O–H groups in total. The average Bonchev–Trinajstić information content (AvgIpc) is 2.91. The molecule has 100 valence electrons. The van der Waals surface area contributed by atoms with Crippen LogP contribution in [0.15, 0.2) is 5.38 Å². The van der Waals surface area contributed by atoms with E-state index in [9.17, 15) is 0 Å². The van der Waals surface area contributed by atoms with E-state index in [1.807, 2.05) is 0 Å². The fourth-order valence-electron chi connectivity index (χ4n) is 3.42. The highest BCUT2D eigenvalue weighted by atomic mass is 32.1. The van der Waals surface area contributed by atoms with E-state index in [2.05, 4.69) is 27.9 Å². The van der Waals surface area contributed by atoms with Gasteiger partial charge in [0.05, 0.1) is 10.7 Å². The maximum atomic E-state index is 4.48. The number of piperidine rings is 1. The summed E-state index contributed by atoms with van der Waals surface area (Å²) >= 11 is 1.74. The van der Waals surface area contributed by atoms with Crippen LogP contribution in [0.4, 0.5) is 0 Å². The first-order valence-electron chi connectivity index (χ1n) is 7.17. The van der Waals surface area contributed by atoms with Crippen LogP contribution in [0.25, 0.3) is 0 Å². The molecule has 2 aliphatic rings. The molecule has 0 aromatic carbocycles. The smallest absolute Gasteiger partial charge is 0.0897 e. The highest BCUT2D eigenvalue weighted by Crippen LogP contribution is 2.32. The fourth-order valence-corrected chi connectivity index (χ4v) is 4.04. The highest BCUT2D eigenvalue weighted by Gasteiger charge is 2.32. The molecule has 2 atom stereocenters. The first kappa shape index (κ1) is 12.6. The van der Waals surface area contributed by atoms with E-state index in [-0.39, 0.29) is 0 Å². The molecule has 2 aliphatic heterocycles. The summed E-state index contributed by atoms with van der Waals surface area (Å²) in [7, 11) is 0. The Balaban J connectivity index is 1.35. The van der Waals surface area contributed by atoms with Crippen LogP contribution in [0.5, 0.6) is 0 Å². The van der Waals surface area contributed by atoms with E-state index in [1.54, 1.807) is 11.3 Å². The molecule has 4 heteroatoms. The molecule has 2 bridgehead atoms. The molecule has 1 aromatic heterocycles. The van der Waals surface area contributed by atoms with Crippen molar-refractivity contribution in [2.75, 3.05) is 6.54 Å². The molecule has 0 aliphatic carbocycles. The minimum atomic E-state index is 0.829. The number of fused-ring (bicyclic) bond motifs is 2. The summed E-state index contributed by atoms with van der Waals surface area (Å²) in [5.74, 6) is 0.938. The molecule has 3 rings (SSSR count). The minimum Gasteiger partial charge on any atom is -0.311 e. The van der Waals surface area contributed by atoms with Crippen LogP contribution in [0.3, 0.4) is 0 Å². The molecule has 0 spiro atoms. The monoisotopic (exact) mass is 265 g/mol. The van der Waals surface area contributed by atoms with Crippen molar-refractivity contribution in [1.29, 1.82) is 0 Å². The lowest BCUT2D eigenvalue weighted by atomic mass is 9.90.